The van der Waals surface area contributed by atoms with Crippen LogP contribution in [0, 0.1) is 0 Å². The summed E-state index contributed by atoms with van der Waals surface area (Å²) in [4.78, 5) is 28.3. The highest BCUT2D eigenvalue weighted by atomic mass is 16.5. The molecule has 0 spiro atoms. The molecule has 0 fully saturated rings. The van der Waals surface area contributed by atoms with Gasteiger partial charge in [-0.25, -0.2) is 0 Å². The molecule has 0 aliphatic carbocycles. The number of carbonyl (C=O) groups is 1. The number of benzene rings is 2. The molecule has 3 heterocycles. The smallest absolute Gasteiger partial charge is 0.291 e. The van der Waals surface area contributed by atoms with Crippen molar-refractivity contribution in [1.29, 1.82) is 0 Å². The van der Waals surface area contributed by atoms with Gasteiger partial charge >= 0.3 is 0 Å². The van der Waals surface area contributed by atoms with E-state index in [9.17, 15) is 9.59 Å². The van der Waals surface area contributed by atoms with E-state index in [1.807, 2.05) is 31.2 Å². The Morgan fingerprint density at radius 1 is 1.00 bits per heavy atom. The third-order valence-corrected chi connectivity index (χ3v) is 5.29. The highest BCUT2D eigenvalue weighted by molar-refractivity contribution is 5.99. The van der Waals surface area contributed by atoms with Gasteiger partial charge < -0.3 is 18.5 Å². The molecule has 6 heteroatoms. The molecule has 1 aliphatic heterocycles. The minimum Gasteiger partial charge on any atom is -0.494 e. The van der Waals surface area contributed by atoms with Crippen LogP contribution in [-0.4, -0.2) is 17.4 Å². The van der Waals surface area contributed by atoms with Gasteiger partial charge in [-0.05, 0) is 48.9 Å². The number of nitrogens with zero attached hydrogens (tertiary/aromatic N) is 1. The maximum Gasteiger partial charge on any atom is 0.291 e. The second kappa shape index (κ2) is 7.22. The summed E-state index contributed by atoms with van der Waals surface area (Å²) in [6, 6.07) is 17.4. The van der Waals surface area contributed by atoms with E-state index in [0.29, 0.717) is 28.9 Å². The second-order valence-corrected chi connectivity index (χ2v) is 7.09. The van der Waals surface area contributed by atoms with Gasteiger partial charge in [0.2, 0.25) is 5.76 Å². The summed E-state index contributed by atoms with van der Waals surface area (Å²) in [5.74, 6) is 1.12. The zero-order valence-electron chi connectivity index (χ0n) is 16.3. The highest BCUT2D eigenvalue weighted by Gasteiger charge is 2.43. The van der Waals surface area contributed by atoms with E-state index in [4.69, 9.17) is 13.6 Å². The van der Waals surface area contributed by atoms with Crippen molar-refractivity contribution in [3.8, 4) is 5.75 Å². The maximum atomic E-state index is 13.4. The topological polar surface area (TPSA) is 72.9 Å². The Labute approximate surface area is 172 Å². The van der Waals surface area contributed by atoms with E-state index in [1.165, 1.54) is 0 Å². The number of amides is 1. The minimum absolute atomic E-state index is 0.0872. The van der Waals surface area contributed by atoms with Crippen LogP contribution < -0.4 is 10.2 Å². The van der Waals surface area contributed by atoms with Crippen molar-refractivity contribution in [2.24, 2.45) is 0 Å². The average molecular weight is 401 g/mol. The first kappa shape index (κ1) is 18.2. The summed E-state index contributed by atoms with van der Waals surface area (Å²) in [6.07, 6.45) is 1.56. The molecule has 2 aromatic carbocycles. The monoisotopic (exact) mass is 401 g/mol. The minimum atomic E-state index is -0.575. The van der Waals surface area contributed by atoms with Gasteiger partial charge in [0.1, 0.15) is 17.1 Å². The first-order valence-corrected chi connectivity index (χ1v) is 9.79. The molecule has 0 saturated carbocycles. The summed E-state index contributed by atoms with van der Waals surface area (Å²) in [5, 5.41) is 0.458. The molecule has 30 heavy (non-hydrogen) atoms. The Morgan fingerprint density at radius 3 is 2.53 bits per heavy atom. The molecule has 2 aromatic heterocycles. The zero-order chi connectivity index (χ0) is 20.7. The lowest BCUT2D eigenvalue weighted by Gasteiger charge is -2.24. The van der Waals surface area contributed by atoms with E-state index in [2.05, 4.69) is 0 Å². The van der Waals surface area contributed by atoms with Gasteiger partial charge in [0, 0.05) is 0 Å². The first-order valence-electron chi connectivity index (χ1n) is 9.79. The predicted octanol–water partition coefficient (Wildman–Crippen LogP) is 4.53. The number of rotatable bonds is 5. The summed E-state index contributed by atoms with van der Waals surface area (Å²) < 4.78 is 16.9. The fourth-order valence-electron chi connectivity index (χ4n) is 3.96. The van der Waals surface area contributed by atoms with Gasteiger partial charge in [0.05, 0.1) is 36.4 Å². The van der Waals surface area contributed by atoms with Crippen molar-refractivity contribution >= 4 is 16.9 Å². The Hall–Kier alpha value is -3.80. The molecular weight excluding hydrogens is 382 g/mol. The van der Waals surface area contributed by atoms with E-state index in [-0.39, 0.29) is 23.6 Å². The molecule has 150 valence electrons. The highest BCUT2D eigenvalue weighted by Crippen LogP contribution is 2.39. The Balaban J connectivity index is 1.69. The van der Waals surface area contributed by atoms with Gasteiger partial charge in [0.15, 0.2) is 5.43 Å². The summed E-state index contributed by atoms with van der Waals surface area (Å²) in [6.45, 7) is 2.70. The normalized spacial score (nSPS) is 15.6. The maximum absolute atomic E-state index is 13.4. The number of ether oxygens (including phenoxy) is 1. The van der Waals surface area contributed by atoms with Gasteiger partial charge in [-0.2, -0.15) is 0 Å². The molecule has 1 aliphatic rings. The van der Waals surface area contributed by atoms with Crippen molar-refractivity contribution in [2.45, 2.75) is 19.5 Å². The van der Waals surface area contributed by atoms with E-state index in [0.717, 1.165) is 11.3 Å². The number of furan rings is 1. The van der Waals surface area contributed by atoms with E-state index < -0.39 is 6.04 Å². The summed E-state index contributed by atoms with van der Waals surface area (Å²) in [7, 11) is 0. The summed E-state index contributed by atoms with van der Waals surface area (Å²) >= 11 is 0. The number of para-hydroxylation sites is 1. The largest absolute Gasteiger partial charge is 0.494 e. The van der Waals surface area contributed by atoms with Crippen molar-refractivity contribution in [2.75, 3.05) is 6.61 Å². The van der Waals surface area contributed by atoms with Crippen LogP contribution in [0.25, 0.3) is 11.0 Å². The lowest BCUT2D eigenvalue weighted by Crippen LogP contribution is -2.29. The van der Waals surface area contributed by atoms with Crippen LogP contribution >= 0.6 is 0 Å². The lowest BCUT2D eigenvalue weighted by molar-refractivity contribution is 0.0701. The zero-order valence-corrected chi connectivity index (χ0v) is 16.3. The predicted molar refractivity (Wildman–Crippen MR) is 111 cm³/mol. The molecule has 0 N–H and O–H groups in total. The third kappa shape index (κ3) is 2.88. The fourth-order valence-corrected chi connectivity index (χ4v) is 3.96. The van der Waals surface area contributed by atoms with Crippen LogP contribution in [0.5, 0.6) is 5.75 Å². The Morgan fingerprint density at radius 2 is 1.80 bits per heavy atom. The standard InChI is InChI=1S/C24H19NO5/c1-2-28-16-11-9-15(10-12-16)21-20-22(26)18-7-3-4-8-19(18)30-23(20)24(27)25(21)14-17-6-5-13-29-17/h3-13,21H,2,14H2,1H3. The van der Waals surface area contributed by atoms with E-state index in [1.54, 1.807) is 47.6 Å². The molecule has 5 rings (SSSR count). The molecule has 4 aromatic rings. The van der Waals surface area contributed by atoms with Crippen LogP contribution in [-0.2, 0) is 6.54 Å². The number of fused-ring (bicyclic) bond motifs is 2. The molecule has 6 nitrogen and oxygen atoms in total. The van der Waals surface area contributed by atoms with Gasteiger partial charge in [-0.3, -0.25) is 9.59 Å². The Kier molecular flexibility index (Phi) is 4.39. The van der Waals surface area contributed by atoms with Crippen LogP contribution in [0.15, 0.2) is 80.6 Å². The van der Waals surface area contributed by atoms with E-state index >= 15 is 0 Å². The fraction of sp³-hybridized carbons (Fsp3) is 0.167. The van der Waals surface area contributed by atoms with Gasteiger partial charge in [-0.1, -0.05) is 24.3 Å². The quantitative estimate of drug-likeness (QED) is 0.491. The third-order valence-electron chi connectivity index (χ3n) is 5.29. The molecule has 0 saturated heterocycles. The van der Waals surface area contributed by atoms with Crippen LogP contribution in [0.2, 0.25) is 0 Å². The number of carbonyl (C=O) groups excluding carboxylic acids is 1. The molecule has 0 bridgehead atoms. The van der Waals surface area contributed by atoms with Crippen molar-refractivity contribution in [3.05, 3.63) is 99.8 Å². The van der Waals surface area contributed by atoms with Crippen molar-refractivity contribution < 1.29 is 18.4 Å². The van der Waals surface area contributed by atoms with Crippen LogP contribution in [0.3, 0.4) is 0 Å². The molecule has 1 atom stereocenters. The van der Waals surface area contributed by atoms with Crippen LogP contribution in [0.1, 0.15) is 40.4 Å². The van der Waals surface area contributed by atoms with Crippen LogP contribution in [0.4, 0.5) is 0 Å². The molecule has 0 radical (unpaired) electrons. The molecule has 1 amide bonds. The number of hydrogen-bond donors (Lipinski definition) is 0. The van der Waals surface area contributed by atoms with Gasteiger partial charge in [0.25, 0.3) is 5.91 Å². The average Bonchev–Trinajstić information content (AvgIpc) is 3.37. The van der Waals surface area contributed by atoms with Gasteiger partial charge in [-0.15, -0.1) is 0 Å². The number of hydrogen-bond acceptors (Lipinski definition) is 5. The molecule has 1 unspecified atom stereocenters. The Bertz CT molecular complexity index is 1270. The molecular formula is C24H19NO5. The van der Waals surface area contributed by atoms with Crippen molar-refractivity contribution in [3.63, 3.8) is 0 Å². The van der Waals surface area contributed by atoms with Crippen molar-refractivity contribution in [1.82, 2.24) is 4.90 Å². The first-order chi connectivity index (χ1) is 14.7. The lowest BCUT2D eigenvalue weighted by atomic mass is 9.98. The second-order valence-electron chi connectivity index (χ2n) is 7.09. The summed E-state index contributed by atoms with van der Waals surface area (Å²) in [5.41, 5.74) is 1.37. The SMILES string of the molecule is CCOc1ccc(C2c3c(oc4ccccc4c3=O)C(=O)N2Cc2ccco2)cc1.